The van der Waals surface area contributed by atoms with Crippen molar-refractivity contribution < 1.29 is 9.59 Å². The highest BCUT2D eigenvalue weighted by atomic mass is 16.2. The van der Waals surface area contributed by atoms with E-state index in [9.17, 15) is 9.59 Å². The van der Waals surface area contributed by atoms with Crippen molar-refractivity contribution in [1.82, 2.24) is 5.32 Å². The molecule has 2 rings (SSSR count). The highest BCUT2D eigenvalue weighted by molar-refractivity contribution is 5.97. The minimum Gasteiger partial charge on any atom is -0.338 e. The topological polar surface area (TPSA) is 61.4 Å². The van der Waals surface area contributed by atoms with Crippen molar-refractivity contribution in [2.45, 2.75) is 33.6 Å². The molecule has 0 aromatic heterocycles. The fourth-order valence-corrected chi connectivity index (χ4v) is 2.43. The summed E-state index contributed by atoms with van der Waals surface area (Å²) in [7, 11) is 0. The maximum atomic E-state index is 12.1. The predicted molar refractivity (Wildman–Crippen MR) is 84.6 cm³/mol. The lowest BCUT2D eigenvalue weighted by molar-refractivity contribution is -0.121. The summed E-state index contributed by atoms with van der Waals surface area (Å²) in [6.45, 7) is 7.21. The van der Waals surface area contributed by atoms with Gasteiger partial charge in [0.25, 0.3) is 0 Å². The van der Waals surface area contributed by atoms with Gasteiger partial charge in [-0.05, 0) is 36.6 Å². The van der Waals surface area contributed by atoms with E-state index < -0.39 is 0 Å². The van der Waals surface area contributed by atoms with Crippen molar-refractivity contribution in [1.29, 1.82) is 0 Å². The Morgan fingerprint density at radius 3 is 2.76 bits per heavy atom. The summed E-state index contributed by atoms with van der Waals surface area (Å²) in [5.74, 6) is 0.142. The van der Waals surface area contributed by atoms with Gasteiger partial charge in [0.05, 0.1) is 0 Å². The molecule has 5 heteroatoms. The molecule has 114 valence electrons. The van der Waals surface area contributed by atoms with Crippen LogP contribution in [0.2, 0.25) is 0 Å². The number of nitrogens with one attached hydrogen (secondary N) is 2. The third kappa shape index (κ3) is 3.54. The maximum Gasteiger partial charge on any atom is 0.319 e. The Labute approximate surface area is 125 Å². The van der Waals surface area contributed by atoms with Gasteiger partial charge in [0.2, 0.25) is 5.91 Å². The lowest BCUT2D eigenvalue weighted by Crippen LogP contribution is -2.32. The SMILES string of the molecule is CCCNC(=O)Nc1ccc2c(c1)CCN2C(=O)C(C)C. The fraction of sp³-hybridized carbons (Fsp3) is 0.500. The standard InChI is InChI=1S/C16H23N3O2/c1-4-8-17-16(21)18-13-5-6-14-12(10-13)7-9-19(14)15(20)11(2)3/h5-6,10-11H,4,7-9H2,1-3H3,(H2,17,18,21). The molecule has 21 heavy (non-hydrogen) atoms. The van der Waals surface area contributed by atoms with Gasteiger partial charge in [-0.15, -0.1) is 0 Å². The van der Waals surface area contributed by atoms with Gasteiger partial charge in [0.1, 0.15) is 0 Å². The molecule has 1 aliphatic rings. The Hall–Kier alpha value is -2.04. The summed E-state index contributed by atoms with van der Waals surface area (Å²) in [4.78, 5) is 25.6. The summed E-state index contributed by atoms with van der Waals surface area (Å²) in [6, 6.07) is 5.52. The van der Waals surface area contributed by atoms with Crippen LogP contribution in [0.5, 0.6) is 0 Å². The van der Waals surface area contributed by atoms with E-state index in [2.05, 4.69) is 10.6 Å². The van der Waals surface area contributed by atoms with Gasteiger partial charge in [-0.3, -0.25) is 4.79 Å². The summed E-state index contributed by atoms with van der Waals surface area (Å²) in [5.41, 5.74) is 2.84. The lowest BCUT2D eigenvalue weighted by Gasteiger charge is -2.19. The summed E-state index contributed by atoms with van der Waals surface area (Å²) in [6.07, 6.45) is 1.74. The van der Waals surface area contributed by atoms with Crippen LogP contribution >= 0.6 is 0 Å². The van der Waals surface area contributed by atoms with Crippen LogP contribution in [0.25, 0.3) is 0 Å². The predicted octanol–water partition coefficient (Wildman–Crippen LogP) is 2.76. The zero-order chi connectivity index (χ0) is 15.4. The van der Waals surface area contributed by atoms with Crippen molar-refractivity contribution >= 4 is 23.3 Å². The number of nitrogens with zero attached hydrogens (tertiary/aromatic N) is 1. The molecule has 0 saturated heterocycles. The highest BCUT2D eigenvalue weighted by Gasteiger charge is 2.26. The molecule has 5 nitrogen and oxygen atoms in total. The second-order valence-electron chi connectivity index (χ2n) is 5.62. The van der Waals surface area contributed by atoms with Crippen molar-refractivity contribution in [3.63, 3.8) is 0 Å². The number of carbonyl (C=O) groups is 2. The van der Waals surface area contributed by atoms with E-state index >= 15 is 0 Å². The molecule has 0 saturated carbocycles. The van der Waals surface area contributed by atoms with Gasteiger partial charge >= 0.3 is 6.03 Å². The maximum absolute atomic E-state index is 12.1. The van der Waals surface area contributed by atoms with E-state index in [4.69, 9.17) is 0 Å². The normalized spacial score (nSPS) is 13.2. The Balaban J connectivity index is 2.08. The van der Waals surface area contributed by atoms with Crippen LogP contribution in [-0.2, 0) is 11.2 Å². The molecule has 0 bridgehead atoms. The molecule has 2 N–H and O–H groups in total. The first-order chi connectivity index (χ1) is 10.0. The molecule has 0 spiro atoms. The first-order valence-electron chi connectivity index (χ1n) is 7.52. The molecule has 1 heterocycles. The summed E-state index contributed by atoms with van der Waals surface area (Å²) < 4.78 is 0. The van der Waals surface area contributed by atoms with Crippen molar-refractivity contribution in [3.8, 4) is 0 Å². The average Bonchev–Trinajstić information content (AvgIpc) is 2.87. The Morgan fingerprint density at radius 2 is 2.10 bits per heavy atom. The number of fused-ring (bicyclic) bond motifs is 1. The third-order valence-corrected chi connectivity index (χ3v) is 3.53. The van der Waals surface area contributed by atoms with Gasteiger partial charge in [0.15, 0.2) is 0 Å². The van der Waals surface area contributed by atoms with Crippen LogP contribution in [0.3, 0.4) is 0 Å². The van der Waals surface area contributed by atoms with Crippen LogP contribution < -0.4 is 15.5 Å². The van der Waals surface area contributed by atoms with Crippen LogP contribution in [0, 0.1) is 5.92 Å². The number of hydrogen-bond donors (Lipinski definition) is 2. The van der Waals surface area contributed by atoms with Gasteiger partial charge in [0, 0.05) is 30.4 Å². The smallest absolute Gasteiger partial charge is 0.319 e. The van der Waals surface area contributed by atoms with E-state index in [1.165, 1.54) is 0 Å². The monoisotopic (exact) mass is 289 g/mol. The number of benzene rings is 1. The van der Waals surface area contributed by atoms with Crippen molar-refractivity contribution in [2.75, 3.05) is 23.3 Å². The molecule has 1 aromatic carbocycles. The van der Waals surface area contributed by atoms with Gasteiger partial charge < -0.3 is 15.5 Å². The number of amides is 3. The van der Waals surface area contributed by atoms with Crippen LogP contribution in [0.1, 0.15) is 32.8 Å². The molecular formula is C16H23N3O2. The van der Waals surface area contributed by atoms with Crippen LogP contribution in [0.15, 0.2) is 18.2 Å². The Bertz CT molecular complexity index is 540. The fourth-order valence-electron chi connectivity index (χ4n) is 2.43. The highest BCUT2D eigenvalue weighted by Crippen LogP contribution is 2.31. The molecule has 0 radical (unpaired) electrons. The molecule has 0 fully saturated rings. The molecule has 0 unspecified atom stereocenters. The van der Waals surface area contributed by atoms with Crippen LogP contribution in [-0.4, -0.2) is 25.0 Å². The first-order valence-corrected chi connectivity index (χ1v) is 7.52. The van der Waals surface area contributed by atoms with E-state index in [1.54, 1.807) is 0 Å². The molecule has 0 atom stereocenters. The average molecular weight is 289 g/mol. The minimum absolute atomic E-state index is 0.00595. The number of rotatable bonds is 4. The summed E-state index contributed by atoms with van der Waals surface area (Å²) in [5, 5.41) is 5.60. The quantitative estimate of drug-likeness (QED) is 0.895. The number of urea groups is 1. The largest absolute Gasteiger partial charge is 0.338 e. The number of carbonyl (C=O) groups excluding carboxylic acids is 2. The van der Waals surface area contributed by atoms with E-state index in [0.29, 0.717) is 6.54 Å². The van der Waals surface area contributed by atoms with E-state index in [0.717, 1.165) is 36.3 Å². The Kier molecular flexibility index (Phi) is 4.83. The minimum atomic E-state index is -0.190. The van der Waals surface area contributed by atoms with Crippen molar-refractivity contribution in [3.05, 3.63) is 23.8 Å². The molecule has 0 aliphatic carbocycles. The number of hydrogen-bond acceptors (Lipinski definition) is 2. The van der Waals surface area contributed by atoms with Gasteiger partial charge in [-0.25, -0.2) is 4.79 Å². The van der Waals surface area contributed by atoms with E-state index in [-0.39, 0.29) is 17.9 Å². The second-order valence-corrected chi connectivity index (χ2v) is 5.62. The molecule has 3 amide bonds. The zero-order valence-corrected chi connectivity index (χ0v) is 12.9. The lowest BCUT2D eigenvalue weighted by atomic mass is 10.1. The first kappa shape index (κ1) is 15.4. The molecule has 1 aromatic rings. The van der Waals surface area contributed by atoms with Crippen molar-refractivity contribution in [2.24, 2.45) is 5.92 Å². The van der Waals surface area contributed by atoms with E-state index in [1.807, 2.05) is 43.9 Å². The zero-order valence-electron chi connectivity index (χ0n) is 12.9. The third-order valence-electron chi connectivity index (χ3n) is 3.53. The summed E-state index contributed by atoms with van der Waals surface area (Å²) >= 11 is 0. The molecular weight excluding hydrogens is 266 g/mol. The van der Waals surface area contributed by atoms with Gasteiger partial charge in [-0.2, -0.15) is 0 Å². The Morgan fingerprint density at radius 1 is 1.33 bits per heavy atom. The van der Waals surface area contributed by atoms with Crippen LogP contribution in [0.4, 0.5) is 16.2 Å². The second kappa shape index (κ2) is 6.61. The molecule has 1 aliphatic heterocycles. The number of anilines is 2. The van der Waals surface area contributed by atoms with Gasteiger partial charge in [-0.1, -0.05) is 20.8 Å².